The Morgan fingerprint density at radius 1 is 1.30 bits per heavy atom. The minimum Gasteiger partial charge on any atom is -0.478 e. The first kappa shape index (κ1) is 18.2. The molecule has 3 N–H and O–H groups in total. The Labute approximate surface area is 154 Å². The molecule has 0 saturated carbocycles. The first-order valence-corrected chi connectivity index (χ1v) is 8.19. The first-order chi connectivity index (χ1) is 12.8. The summed E-state index contributed by atoms with van der Waals surface area (Å²) < 4.78 is 14.2. The molecule has 1 aromatic carbocycles. The topological polar surface area (TPSA) is 108 Å². The molecular weight excluding hydrogens is 351 g/mol. The second-order valence-corrected chi connectivity index (χ2v) is 6.04. The van der Waals surface area contributed by atoms with E-state index in [4.69, 9.17) is 0 Å². The molecule has 3 aromatic rings. The van der Waals surface area contributed by atoms with Crippen LogP contribution in [0.3, 0.4) is 0 Å². The SMILES string of the molecule is C=C(C)C(=O)Nc1cc(F)cc(-c2nc(CC)nc3[nH]cc(C(=O)O)c23)c1. The minimum atomic E-state index is -1.15. The van der Waals surface area contributed by atoms with Crippen LogP contribution in [0.1, 0.15) is 30.0 Å². The van der Waals surface area contributed by atoms with E-state index in [1.54, 1.807) is 0 Å². The van der Waals surface area contributed by atoms with Crippen LogP contribution in [0.4, 0.5) is 10.1 Å². The molecule has 3 rings (SSSR count). The maximum absolute atomic E-state index is 14.2. The molecule has 0 aliphatic rings. The summed E-state index contributed by atoms with van der Waals surface area (Å²) in [7, 11) is 0. The molecule has 0 aliphatic heterocycles. The van der Waals surface area contributed by atoms with E-state index in [2.05, 4.69) is 26.8 Å². The lowest BCUT2D eigenvalue weighted by molar-refractivity contribution is -0.112. The molecule has 0 radical (unpaired) electrons. The number of carboxylic acids is 1. The number of carbonyl (C=O) groups is 2. The number of aromatic carboxylic acids is 1. The Morgan fingerprint density at radius 3 is 2.67 bits per heavy atom. The molecule has 0 atom stereocenters. The third-order valence-corrected chi connectivity index (χ3v) is 3.94. The number of hydrogen-bond acceptors (Lipinski definition) is 4. The van der Waals surface area contributed by atoms with Crippen molar-refractivity contribution < 1.29 is 19.1 Å². The number of carbonyl (C=O) groups excluding carboxylic acids is 1. The van der Waals surface area contributed by atoms with E-state index in [9.17, 15) is 19.1 Å². The van der Waals surface area contributed by atoms with Crippen molar-refractivity contribution in [1.29, 1.82) is 0 Å². The number of rotatable bonds is 5. The Balaban J connectivity index is 2.23. The molecule has 0 bridgehead atoms. The quantitative estimate of drug-likeness (QED) is 0.597. The molecule has 0 saturated heterocycles. The fourth-order valence-corrected chi connectivity index (χ4v) is 2.65. The number of benzene rings is 1. The summed E-state index contributed by atoms with van der Waals surface area (Å²) in [4.78, 5) is 34.9. The summed E-state index contributed by atoms with van der Waals surface area (Å²) in [6, 6.07) is 3.93. The van der Waals surface area contributed by atoms with Gasteiger partial charge in [0.25, 0.3) is 5.91 Å². The number of fused-ring (bicyclic) bond motifs is 1. The fourth-order valence-electron chi connectivity index (χ4n) is 2.65. The molecule has 0 spiro atoms. The van der Waals surface area contributed by atoms with Gasteiger partial charge in [-0.1, -0.05) is 13.5 Å². The van der Waals surface area contributed by atoms with Gasteiger partial charge < -0.3 is 15.4 Å². The monoisotopic (exact) mass is 368 g/mol. The van der Waals surface area contributed by atoms with Crippen molar-refractivity contribution in [3.63, 3.8) is 0 Å². The lowest BCUT2D eigenvalue weighted by Gasteiger charge is -2.10. The minimum absolute atomic E-state index is 0.0144. The molecule has 0 aliphatic carbocycles. The Kier molecular flexibility index (Phi) is 4.72. The Morgan fingerprint density at radius 2 is 2.04 bits per heavy atom. The summed E-state index contributed by atoms with van der Waals surface area (Å²) in [5, 5.41) is 12.3. The number of aryl methyl sites for hydroxylation is 1. The molecule has 2 heterocycles. The van der Waals surface area contributed by atoms with Gasteiger partial charge in [-0.25, -0.2) is 19.2 Å². The number of aromatic nitrogens is 3. The van der Waals surface area contributed by atoms with Crippen molar-refractivity contribution in [1.82, 2.24) is 15.0 Å². The second kappa shape index (κ2) is 6.99. The van der Waals surface area contributed by atoms with E-state index >= 15 is 0 Å². The van der Waals surface area contributed by atoms with E-state index in [0.29, 0.717) is 23.5 Å². The molecular formula is C19H17FN4O3. The van der Waals surface area contributed by atoms with Gasteiger partial charge in [0.15, 0.2) is 0 Å². The highest BCUT2D eigenvalue weighted by atomic mass is 19.1. The summed E-state index contributed by atoms with van der Waals surface area (Å²) in [5.41, 5.74) is 1.44. The number of anilines is 1. The normalized spacial score (nSPS) is 10.8. The van der Waals surface area contributed by atoms with E-state index < -0.39 is 17.7 Å². The average Bonchev–Trinajstić information content (AvgIpc) is 3.04. The largest absolute Gasteiger partial charge is 0.478 e. The summed E-state index contributed by atoms with van der Waals surface area (Å²) >= 11 is 0. The molecule has 0 fully saturated rings. The van der Waals surface area contributed by atoms with Crippen molar-refractivity contribution in [3.8, 4) is 11.3 Å². The fraction of sp³-hybridized carbons (Fsp3) is 0.158. The van der Waals surface area contributed by atoms with Crippen molar-refractivity contribution in [2.24, 2.45) is 0 Å². The Bertz CT molecular complexity index is 1090. The Hall–Kier alpha value is -3.55. The first-order valence-electron chi connectivity index (χ1n) is 8.19. The number of aromatic amines is 1. The van der Waals surface area contributed by atoms with Crippen LogP contribution in [0.25, 0.3) is 22.3 Å². The predicted molar refractivity (Wildman–Crippen MR) is 99.1 cm³/mol. The van der Waals surface area contributed by atoms with E-state index in [0.717, 1.165) is 0 Å². The molecule has 7 nitrogen and oxygen atoms in total. The van der Waals surface area contributed by atoms with Crippen LogP contribution in [0.5, 0.6) is 0 Å². The number of nitrogens with one attached hydrogen (secondary N) is 2. The standard InChI is InChI=1S/C19H17FN4O3/c1-4-14-23-16(15-13(19(26)27)8-21-17(15)24-14)10-5-11(20)7-12(6-10)22-18(25)9(2)3/h5-8H,2,4H2,1,3H3,(H,22,25)(H,26,27)(H,21,23,24). The third-order valence-electron chi connectivity index (χ3n) is 3.94. The molecule has 1 amide bonds. The predicted octanol–water partition coefficient (Wildman–Crippen LogP) is 3.54. The van der Waals surface area contributed by atoms with Crippen molar-refractivity contribution in [3.05, 3.63) is 53.8 Å². The van der Waals surface area contributed by atoms with Gasteiger partial charge in [-0.05, 0) is 25.1 Å². The van der Waals surface area contributed by atoms with Gasteiger partial charge >= 0.3 is 5.97 Å². The molecule has 8 heteroatoms. The number of H-pyrrole nitrogens is 1. The molecule has 138 valence electrons. The van der Waals surface area contributed by atoms with Gasteiger partial charge in [0.05, 0.1) is 16.6 Å². The van der Waals surface area contributed by atoms with Crippen LogP contribution >= 0.6 is 0 Å². The van der Waals surface area contributed by atoms with Crippen LogP contribution in [0.15, 0.2) is 36.5 Å². The summed E-state index contributed by atoms with van der Waals surface area (Å²) in [6.07, 6.45) is 1.84. The van der Waals surface area contributed by atoms with Gasteiger partial charge in [-0.2, -0.15) is 0 Å². The average molecular weight is 368 g/mol. The van der Waals surface area contributed by atoms with Gasteiger partial charge in [-0.15, -0.1) is 0 Å². The number of halogens is 1. The highest BCUT2D eigenvalue weighted by Gasteiger charge is 2.20. The molecule has 27 heavy (non-hydrogen) atoms. The highest BCUT2D eigenvalue weighted by Crippen LogP contribution is 2.31. The van der Waals surface area contributed by atoms with Gasteiger partial charge in [0.2, 0.25) is 0 Å². The van der Waals surface area contributed by atoms with Crippen molar-refractivity contribution >= 4 is 28.6 Å². The summed E-state index contributed by atoms with van der Waals surface area (Å²) in [5.74, 6) is -1.71. The van der Waals surface area contributed by atoms with Crippen LogP contribution in [0.2, 0.25) is 0 Å². The van der Waals surface area contributed by atoms with Crippen LogP contribution in [0, 0.1) is 5.82 Å². The molecule has 0 unspecified atom stereocenters. The van der Waals surface area contributed by atoms with Crippen LogP contribution in [-0.2, 0) is 11.2 Å². The van der Waals surface area contributed by atoms with Gasteiger partial charge in [-0.3, -0.25) is 4.79 Å². The van der Waals surface area contributed by atoms with Crippen LogP contribution in [-0.4, -0.2) is 31.9 Å². The number of hydrogen-bond donors (Lipinski definition) is 3. The zero-order valence-electron chi connectivity index (χ0n) is 14.8. The van der Waals surface area contributed by atoms with Gasteiger partial charge in [0, 0.05) is 29.4 Å². The molecule has 2 aromatic heterocycles. The van der Waals surface area contributed by atoms with Crippen molar-refractivity contribution in [2.75, 3.05) is 5.32 Å². The van der Waals surface area contributed by atoms with Crippen molar-refractivity contribution in [2.45, 2.75) is 20.3 Å². The van der Waals surface area contributed by atoms with E-state index in [1.165, 1.54) is 31.3 Å². The van der Waals surface area contributed by atoms with Gasteiger partial charge in [0.1, 0.15) is 17.3 Å². The number of amides is 1. The maximum atomic E-state index is 14.2. The van der Waals surface area contributed by atoms with Crippen LogP contribution < -0.4 is 5.32 Å². The number of nitrogens with zero attached hydrogens (tertiary/aromatic N) is 2. The second-order valence-electron chi connectivity index (χ2n) is 6.04. The third kappa shape index (κ3) is 3.55. The lowest BCUT2D eigenvalue weighted by Crippen LogP contribution is -2.12. The summed E-state index contributed by atoms with van der Waals surface area (Å²) in [6.45, 7) is 6.94. The smallest absolute Gasteiger partial charge is 0.338 e. The zero-order valence-corrected chi connectivity index (χ0v) is 14.8. The zero-order chi connectivity index (χ0) is 19.7. The van der Waals surface area contributed by atoms with E-state index in [-0.39, 0.29) is 27.9 Å². The van der Waals surface area contributed by atoms with E-state index in [1.807, 2.05) is 6.92 Å². The maximum Gasteiger partial charge on any atom is 0.338 e. The highest BCUT2D eigenvalue weighted by molar-refractivity contribution is 6.08. The lowest BCUT2D eigenvalue weighted by atomic mass is 10.0. The number of carboxylic acid groups (broad SMARTS) is 1.